The van der Waals surface area contributed by atoms with Gasteiger partial charge in [0, 0.05) is 7.05 Å². The highest BCUT2D eigenvalue weighted by Gasteiger charge is 2.30. The number of rotatable bonds is 2. The fourth-order valence-electron chi connectivity index (χ4n) is 1.84. The average molecular weight is 229 g/mol. The lowest BCUT2D eigenvalue weighted by atomic mass is 10.1. The van der Waals surface area contributed by atoms with Crippen LogP contribution in [-0.4, -0.2) is 25.3 Å². The molecule has 1 aromatic rings. The van der Waals surface area contributed by atoms with Crippen LogP contribution in [0.1, 0.15) is 12.0 Å². The summed E-state index contributed by atoms with van der Waals surface area (Å²) in [7, 11) is 1.73. The number of carbonyl (C=O) groups is 2. The van der Waals surface area contributed by atoms with Crippen LogP contribution >= 0.6 is 0 Å². The molecular formula is C12H11N3O2. The van der Waals surface area contributed by atoms with Gasteiger partial charge in [-0.1, -0.05) is 0 Å². The number of hydrogen-bond donors (Lipinski definition) is 1. The number of Topliss-reactive ketones (excluding diaryl/α,β-unsaturated/α-hetero) is 1. The summed E-state index contributed by atoms with van der Waals surface area (Å²) in [6, 6.07) is 7.02. The Hall–Kier alpha value is -2.35. The van der Waals surface area contributed by atoms with Crippen molar-refractivity contribution < 1.29 is 9.59 Å². The van der Waals surface area contributed by atoms with E-state index in [0.717, 1.165) is 5.69 Å². The predicted octanol–water partition coefficient (Wildman–Crippen LogP) is 0.906. The third kappa shape index (κ3) is 1.97. The maximum Gasteiger partial charge on any atom is 0.234 e. The first-order chi connectivity index (χ1) is 8.15. The van der Waals surface area contributed by atoms with Crippen molar-refractivity contribution in [3.8, 4) is 6.07 Å². The van der Waals surface area contributed by atoms with Crippen LogP contribution in [0.15, 0.2) is 18.2 Å². The SMILES string of the molecule is CNc1ccc(C#N)cc1N1CC(=O)CC1=O. The number of nitrogens with one attached hydrogen (secondary N) is 1. The van der Waals surface area contributed by atoms with Gasteiger partial charge in [0.1, 0.15) is 0 Å². The standard InChI is InChI=1S/C12H11N3O2/c1-14-10-3-2-8(6-13)4-11(10)15-7-9(16)5-12(15)17/h2-4,14H,5,7H2,1H3. The Bertz CT molecular complexity index is 531. The summed E-state index contributed by atoms with van der Waals surface area (Å²) in [5.41, 5.74) is 1.78. The van der Waals surface area contributed by atoms with Crippen LogP contribution in [0.5, 0.6) is 0 Å². The van der Waals surface area contributed by atoms with Crippen LogP contribution in [0.2, 0.25) is 0 Å². The predicted molar refractivity (Wildman–Crippen MR) is 62.7 cm³/mol. The minimum absolute atomic E-state index is 0.0556. The molecule has 5 heteroatoms. The minimum atomic E-state index is -0.221. The molecule has 1 aliphatic heterocycles. The Morgan fingerprint density at radius 2 is 2.18 bits per heavy atom. The molecule has 1 saturated heterocycles. The highest BCUT2D eigenvalue weighted by molar-refractivity contribution is 6.16. The van der Waals surface area contributed by atoms with E-state index in [4.69, 9.17) is 5.26 Å². The summed E-state index contributed by atoms with van der Waals surface area (Å²) in [5.74, 6) is -0.319. The molecule has 1 aliphatic rings. The molecule has 0 spiro atoms. The summed E-state index contributed by atoms with van der Waals surface area (Å²) in [6.07, 6.45) is -0.0556. The second-order valence-corrected chi connectivity index (χ2v) is 3.79. The van der Waals surface area contributed by atoms with Gasteiger partial charge in [-0.2, -0.15) is 5.26 Å². The van der Waals surface area contributed by atoms with Crippen LogP contribution in [-0.2, 0) is 9.59 Å². The first-order valence-electron chi connectivity index (χ1n) is 5.19. The van der Waals surface area contributed by atoms with Crippen molar-refractivity contribution in [3.05, 3.63) is 23.8 Å². The first kappa shape index (κ1) is 11.1. The number of ketones is 1. The Balaban J connectivity index is 2.46. The van der Waals surface area contributed by atoms with E-state index in [2.05, 4.69) is 5.32 Å². The van der Waals surface area contributed by atoms with E-state index in [1.54, 1.807) is 25.2 Å². The molecule has 0 saturated carbocycles. The third-order valence-corrected chi connectivity index (χ3v) is 2.67. The van der Waals surface area contributed by atoms with Gasteiger partial charge in [0.15, 0.2) is 5.78 Å². The van der Waals surface area contributed by atoms with E-state index in [0.29, 0.717) is 11.3 Å². The molecule has 0 aliphatic carbocycles. The topological polar surface area (TPSA) is 73.2 Å². The summed E-state index contributed by atoms with van der Waals surface area (Å²) in [6.45, 7) is 0.0857. The van der Waals surface area contributed by atoms with Gasteiger partial charge in [-0.05, 0) is 18.2 Å². The van der Waals surface area contributed by atoms with Crippen LogP contribution in [0.25, 0.3) is 0 Å². The van der Waals surface area contributed by atoms with Gasteiger partial charge < -0.3 is 10.2 Å². The molecule has 0 atom stereocenters. The Morgan fingerprint density at radius 3 is 2.71 bits per heavy atom. The number of carbonyl (C=O) groups excluding carboxylic acids is 2. The van der Waals surface area contributed by atoms with E-state index in [1.807, 2.05) is 6.07 Å². The largest absolute Gasteiger partial charge is 0.386 e. The zero-order chi connectivity index (χ0) is 12.4. The van der Waals surface area contributed by atoms with Gasteiger partial charge in [-0.25, -0.2) is 0 Å². The van der Waals surface area contributed by atoms with Crippen molar-refractivity contribution in [2.75, 3.05) is 23.8 Å². The van der Waals surface area contributed by atoms with Crippen molar-refractivity contribution in [1.82, 2.24) is 0 Å². The van der Waals surface area contributed by atoms with Gasteiger partial charge >= 0.3 is 0 Å². The maximum atomic E-state index is 11.6. The Labute approximate surface area is 98.6 Å². The maximum absolute atomic E-state index is 11.6. The molecule has 2 rings (SSSR count). The van der Waals surface area contributed by atoms with E-state index in [9.17, 15) is 9.59 Å². The van der Waals surface area contributed by atoms with Crippen LogP contribution in [0, 0.1) is 11.3 Å². The van der Waals surface area contributed by atoms with E-state index < -0.39 is 0 Å². The first-order valence-corrected chi connectivity index (χ1v) is 5.19. The van der Waals surface area contributed by atoms with Gasteiger partial charge in [0.2, 0.25) is 5.91 Å². The molecule has 1 fully saturated rings. The van der Waals surface area contributed by atoms with Gasteiger partial charge in [0.25, 0.3) is 0 Å². The lowest BCUT2D eigenvalue weighted by Crippen LogP contribution is -2.25. The van der Waals surface area contributed by atoms with Crippen LogP contribution < -0.4 is 10.2 Å². The second kappa shape index (κ2) is 4.26. The van der Waals surface area contributed by atoms with Gasteiger partial charge in [0.05, 0.1) is 36.0 Å². The van der Waals surface area contributed by atoms with Crippen LogP contribution in [0.4, 0.5) is 11.4 Å². The molecule has 17 heavy (non-hydrogen) atoms. The van der Waals surface area contributed by atoms with Crippen molar-refractivity contribution in [2.24, 2.45) is 0 Å². The summed E-state index contributed by atoms with van der Waals surface area (Å²) >= 11 is 0. The summed E-state index contributed by atoms with van der Waals surface area (Å²) in [5, 5.41) is 11.8. The highest BCUT2D eigenvalue weighted by atomic mass is 16.2. The number of hydrogen-bond acceptors (Lipinski definition) is 4. The average Bonchev–Trinajstić information content (AvgIpc) is 2.67. The third-order valence-electron chi connectivity index (χ3n) is 2.67. The fraction of sp³-hybridized carbons (Fsp3) is 0.250. The number of nitriles is 1. The number of benzene rings is 1. The molecule has 0 unspecified atom stereocenters. The Morgan fingerprint density at radius 1 is 1.41 bits per heavy atom. The molecule has 1 amide bonds. The van der Waals surface area contributed by atoms with Crippen molar-refractivity contribution in [2.45, 2.75) is 6.42 Å². The monoisotopic (exact) mass is 229 g/mol. The normalized spacial score (nSPS) is 14.9. The van der Waals surface area contributed by atoms with E-state index >= 15 is 0 Å². The zero-order valence-corrected chi connectivity index (χ0v) is 9.36. The lowest BCUT2D eigenvalue weighted by molar-refractivity contribution is -0.121. The van der Waals surface area contributed by atoms with E-state index in [-0.39, 0.29) is 24.7 Å². The molecule has 0 radical (unpaired) electrons. The molecular weight excluding hydrogens is 218 g/mol. The minimum Gasteiger partial charge on any atom is -0.386 e. The molecule has 1 aromatic carbocycles. The Kier molecular flexibility index (Phi) is 2.79. The smallest absolute Gasteiger partial charge is 0.234 e. The highest BCUT2D eigenvalue weighted by Crippen LogP contribution is 2.29. The molecule has 0 bridgehead atoms. The fourth-order valence-corrected chi connectivity index (χ4v) is 1.84. The number of anilines is 2. The molecule has 86 valence electrons. The molecule has 1 heterocycles. The molecule has 1 N–H and O–H groups in total. The van der Waals surface area contributed by atoms with Crippen LogP contribution in [0.3, 0.4) is 0 Å². The number of nitrogens with zero attached hydrogens (tertiary/aromatic N) is 2. The zero-order valence-electron chi connectivity index (χ0n) is 9.36. The van der Waals surface area contributed by atoms with Crippen molar-refractivity contribution in [1.29, 1.82) is 5.26 Å². The van der Waals surface area contributed by atoms with Gasteiger partial charge in [-0.3, -0.25) is 9.59 Å². The summed E-state index contributed by atoms with van der Waals surface area (Å²) < 4.78 is 0. The van der Waals surface area contributed by atoms with Crippen molar-refractivity contribution in [3.63, 3.8) is 0 Å². The van der Waals surface area contributed by atoms with Crippen molar-refractivity contribution >= 4 is 23.1 Å². The lowest BCUT2D eigenvalue weighted by Gasteiger charge is -2.18. The second-order valence-electron chi connectivity index (χ2n) is 3.79. The summed E-state index contributed by atoms with van der Waals surface area (Å²) in [4.78, 5) is 24.3. The number of amides is 1. The van der Waals surface area contributed by atoms with E-state index in [1.165, 1.54) is 4.90 Å². The molecule has 5 nitrogen and oxygen atoms in total. The molecule has 0 aromatic heterocycles. The quantitative estimate of drug-likeness (QED) is 0.765. The van der Waals surface area contributed by atoms with Gasteiger partial charge in [-0.15, -0.1) is 0 Å².